The van der Waals surface area contributed by atoms with Crippen molar-refractivity contribution in [2.75, 3.05) is 6.61 Å². The summed E-state index contributed by atoms with van der Waals surface area (Å²) in [5, 5.41) is 26.4. The molecule has 0 atom stereocenters. The summed E-state index contributed by atoms with van der Waals surface area (Å²) in [6, 6.07) is 19.4. The molecule has 0 spiro atoms. The lowest BCUT2D eigenvalue weighted by atomic mass is 10.00. The van der Waals surface area contributed by atoms with Crippen molar-refractivity contribution < 1.29 is 19.4 Å². The third kappa shape index (κ3) is 6.75. The van der Waals surface area contributed by atoms with Crippen molar-refractivity contribution in [1.29, 1.82) is 10.5 Å². The molecule has 0 fully saturated rings. The smallest absolute Gasteiger partial charge is 0.351 e. The van der Waals surface area contributed by atoms with Crippen molar-refractivity contribution >= 4 is 23.3 Å². The van der Waals surface area contributed by atoms with Gasteiger partial charge in [0, 0.05) is 5.56 Å². The van der Waals surface area contributed by atoms with Gasteiger partial charge in [-0.1, -0.05) is 61.5 Å². The van der Waals surface area contributed by atoms with Crippen molar-refractivity contribution in [2.24, 2.45) is 11.5 Å². The molecule has 32 heavy (non-hydrogen) atoms. The Labute approximate surface area is 186 Å². The standard InChI is InChI=1S/2C12H12N2O2/c1-2-8-5-3-4-6-9(8)11(14)10(7-13)12(15)16;1-2-16-12(15)10(8-13)11(14)9-6-4-3-5-7-9/h3-6H,2,14H2,1H3,(H,15,16);3-7H,2,14H2,1H3/b2*11-10-. The van der Waals surface area contributed by atoms with Gasteiger partial charge in [-0.05, 0) is 24.5 Å². The normalized spacial score (nSPS) is 11.4. The molecule has 2 rings (SSSR count). The number of aliphatic carboxylic acids is 1. The van der Waals surface area contributed by atoms with E-state index in [1.165, 1.54) is 0 Å². The molecule has 8 nitrogen and oxygen atoms in total. The van der Waals surface area contributed by atoms with Crippen LogP contribution in [0.4, 0.5) is 0 Å². The number of hydrogen-bond acceptors (Lipinski definition) is 7. The number of esters is 1. The molecule has 5 N–H and O–H groups in total. The second kappa shape index (κ2) is 12.9. The van der Waals surface area contributed by atoms with E-state index in [1.807, 2.05) is 25.1 Å². The Kier molecular flexibility index (Phi) is 10.3. The van der Waals surface area contributed by atoms with Crippen LogP contribution in [0.2, 0.25) is 0 Å². The van der Waals surface area contributed by atoms with Gasteiger partial charge in [-0.15, -0.1) is 0 Å². The average Bonchev–Trinajstić information content (AvgIpc) is 2.80. The van der Waals surface area contributed by atoms with Gasteiger partial charge in [0.2, 0.25) is 0 Å². The van der Waals surface area contributed by atoms with Crippen molar-refractivity contribution in [3.05, 3.63) is 82.4 Å². The van der Waals surface area contributed by atoms with E-state index >= 15 is 0 Å². The van der Waals surface area contributed by atoms with E-state index in [1.54, 1.807) is 55.5 Å². The molecule has 2 aromatic rings. The lowest BCUT2D eigenvalue weighted by Gasteiger charge is -2.08. The average molecular weight is 432 g/mol. The molecular weight excluding hydrogens is 408 g/mol. The number of nitrogens with two attached hydrogens (primary N) is 2. The number of carbonyl (C=O) groups is 2. The maximum atomic E-state index is 11.4. The van der Waals surface area contributed by atoms with Crippen molar-refractivity contribution in [2.45, 2.75) is 20.3 Å². The molecule has 0 unspecified atom stereocenters. The molecule has 0 aromatic heterocycles. The van der Waals surface area contributed by atoms with E-state index in [9.17, 15) is 9.59 Å². The Morgan fingerprint density at radius 1 is 0.906 bits per heavy atom. The number of carboxylic acid groups (broad SMARTS) is 1. The molecule has 0 amide bonds. The molecule has 0 aliphatic carbocycles. The zero-order valence-electron chi connectivity index (χ0n) is 17.8. The number of carboxylic acids is 1. The quantitative estimate of drug-likeness (QED) is 0.356. The second-order valence-corrected chi connectivity index (χ2v) is 6.20. The summed E-state index contributed by atoms with van der Waals surface area (Å²) in [7, 11) is 0. The molecule has 8 heteroatoms. The van der Waals surface area contributed by atoms with Gasteiger partial charge >= 0.3 is 11.9 Å². The number of benzene rings is 2. The summed E-state index contributed by atoms with van der Waals surface area (Å²) < 4.78 is 4.74. The SMILES string of the molecule is CCOC(=O)/C(C#N)=C(\N)c1ccccc1.CCc1ccccc1/C(N)=C(\C#N)C(=O)O. The Morgan fingerprint density at radius 2 is 1.47 bits per heavy atom. The van der Waals surface area contributed by atoms with Crippen LogP contribution >= 0.6 is 0 Å². The fraction of sp³-hybridized carbons (Fsp3) is 0.167. The van der Waals surface area contributed by atoms with Gasteiger partial charge in [-0.3, -0.25) is 0 Å². The Hall–Kier alpha value is -4.56. The van der Waals surface area contributed by atoms with Crippen LogP contribution in [-0.2, 0) is 20.7 Å². The fourth-order valence-electron chi connectivity index (χ4n) is 2.63. The number of rotatable bonds is 6. The summed E-state index contributed by atoms with van der Waals surface area (Å²) in [5.41, 5.74) is 13.2. The van der Waals surface area contributed by atoms with Gasteiger partial charge in [0.15, 0.2) is 11.1 Å². The molecule has 2 aromatic carbocycles. The Bertz CT molecular complexity index is 1110. The topological polar surface area (TPSA) is 163 Å². The first kappa shape index (κ1) is 25.5. The molecule has 0 radical (unpaired) electrons. The highest BCUT2D eigenvalue weighted by Crippen LogP contribution is 2.19. The summed E-state index contributed by atoms with van der Waals surface area (Å²) >= 11 is 0. The summed E-state index contributed by atoms with van der Waals surface area (Å²) in [5.74, 6) is -1.99. The monoisotopic (exact) mass is 432 g/mol. The number of nitriles is 2. The molecule has 0 aliphatic heterocycles. The molecule has 0 heterocycles. The zero-order valence-corrected chi connectivity index (χ0v) is 17.8. The van der Waals surface area contributed by atoms with Crippen LogP contribution in [0, 0.1) is 22.7 Å². The Morgan fingerprint density at radius 3 is 1.97 bits per heavy atom. The number of aryl methyl sites for hydroxylation is 1. The molecule has 0 bridgehead atoms. The van der Waals surface area contributed by atoms with E-state index in [4.69, 9.17) is 31.8 Å². The molecule has 0 aliphatic rings. The van der Waals surface area contributed by atoms with Crippen LogP contribution in [0.1, 0.15) is 30.5 Å². The van der Waals surface area contributed by atoms with Crippen LogP contribution in [0.25, 0.3) is 11.4 Å². The first-order valence-corrected chi connectivity index (χ1v) is 9.66. The largest absolute Gasteiger partial charge is 0.477 e. The van der Waals surface area contributed by atoms with Gasteiger partial charge < -0.3 is 21.3 Å². The van der Waals surface area contributed by atoms with Gasteiger partial charge in [0.05, 0.1) is 18.0 Å². The number of carbonyl (C=O) groups excluding carboxylic acids is 1. The van der Waals surface area contributed by atoms with Gasteiger partial charge in [0.1, 0.15) is 12.1 Å². The van der Waals surface area contributed by atoms with E-state index in [2.05, 4.69) is 0 Å². The van der Waals surface area contributed by atoms with Crippen LogP contribution < -0.4 is 11.5 Å². The van der Waals surface area contributed by atoms with E-state index in [0.29, 0.717) is 11.1 Å². The molecule has 164 valence electrons. The highest BCUT2D eigenvalue weighted by molar-refractivity contribution is 6.01. The first-order valence-electron chi connectivity index (χ1n) is 9.66. The van der Waals surface area contributed by atoms with E-state index < -0.39 is 17.5 Å². The third-order valence-corrected chi connectivity index (χ3v) is 4.23. The highest BCUT2D eigenvalue weighted by atomic mass is 16.5. The van der Waals surface area contributed by atoms with Gasteiger partial charge in [0.25, 0.3) is 0 Å². The van der Waals surface area contributed by atoms with Crippen LogP contribution in [0.5, 0.6) is 0 Å². The maximum absolute atomic E-state index is 11.4. The number of ether oxygens (including phenoxy) is 1. The lowest BCUT2D eigenvalue weighted by Crippen LogP contribution is -2.12. The predicted octanol–water partition coefficient (Wildman–Crippen LogP) is 2.97. The highest BCUT2D eigenvalue weighted by Gasteiger charge is 2.16. The lowest BCUT2D eigenvalue weighted by molar-refractivity contribution is -0.138. The van der Waals surface area contributed by atoms with Crippen LogP contribution in [0.15, 0.2) is 65.7 Å². The van der Waals surface area contributed by atoms with Crippen LogP contribution in [-0.4, -0.2) is 23.7 Å². The van der Waals surface area contributed by atoms with Crippen molar-refractivity contribution in [3.8, 4) is 12.1 Å². The van der Waals surface area contributed by atoms with Gasteiger partial charge in [-0.25, -0.2) is 9.59 Å². The Balaban J connectivity index is 0.000000320. The zero-order chi connectivity index (χ0) is 24.1. The van der Waals surface area contributed by atoms with Crippen molar-refractivity contribution in [1.82, 2.24) is 0 Å². The first-order chi connectivity index (χ1) is 15.3. The number of hydrogen-bond donors (Lipinski definition) is 3. The molecule has 0 saturated heterocycles. The maximum Gasteiger partial charge on any atom is 0.351 e. The van der Waals surface area contributed by atoms with Crippen LogP contribution in [0.3, 0.4) is 0 Å². The van der Waals surface area contributed by atoms with Crippen molar-refractivity contribution in [3.63, 3.8) is 0 Å². The summed E-state index contributed by atoms with van der Waals surface area (Å²) in [6.45, 7) is 3.83. The predicted molar refractivity (Wildman–Crippen MR) is 120 cm³/mol. The number of nitrogens with zero attached hydrogens (tertiary/aromatic N) is 2. The minimum atomic E-state index is -1.30. The third-order valence-electron chi connectivity index (χ3n) is 4.23. The summed E-state index contributed by atoms with van der Waals surface area (Å²) in [6.07, 6.45) is 0.731. The molecule has 0 saturated carbocycles. The second-order valence-electron chi connectivity index (χ2n) is 6.20. The fourth-order valence-corrected chi connectivity index (χ4v) is 2.63. The summed E-state index contributed by atoms with van der Waals surface area (Å²) in [4.78, 5) is 22.2. The molecular formula is C24H24N4O4. The van der Waals surface area contributed by atoms with Gasteiger partial charge in [-0.2, -0.15) is 10.5 Å². The minimum Gasteiger partial charge on any atom is -0.477 e. The van der Waals surface area contributed by atoms with E-state index in [0.717, 1.165) is 12.0 Å². The minimum absolute atomic E-state index is 0.0208. The van der Waals surface area contributed by atoms with E-state index in [-0.39, 0.29) is 23.6 Å².